The molecule has 0 fully saturated rings. The second kappa shape index (κ2) is 5.97. The third-order valence-electron chi connectivity index (χ3n) is 2.76. The third-order valence-corrected chi connectivity index (χ3v) is 3.98. The maximum absolute atomic E-state index is 11.5. The van der Waals surface area contributed by atoms with Crippen molar-refractivity contribution in [3.63, 3.8) is 0 Å². The molecule has 1 N–H and O–H groups in total. The summed E-state index contributed by atoms with van der Waals surface area (Å²) in [6.45, 7) is 3.99. The number of aromatic nitrogens is 1. The van der Waals surface area contributed by atoms with E-state index in [2.05, 4.69) is 21.1 Å². The number of benzene rings is 1. The van der Waals surface area contributed by atoms with Crippen LogP contribution in [0.3, 0.4) is 0 Å². The maximum atomic E-state index is 11.5. The quantitative estimate of drug-likeness (QED) is 0.863. The molecular weight excluding hydrogens is 346 g/mol. The molecule has 0 atom stereocenters. The largest absolute Gasteiger partial charge is 0.477 e. The number of carboxylic acids is 1. The SMILES string of the molecule is CC(C)Cc1onc(-c2ccc(Cl)c(Br)c2)c1C(=O)O. The monoisotopic (exact) mass is 357 g/mol. The van der Waals surface area contributed by atoms with Crippen molar-refractivity contribution in [3.8, 4) is 11.3 Å². The Balaban J connectivity index is 2.53. The number of hydrogen-bond donors (Lipinski definition) is 1. The predicted octanol–water partition coefficient (Wildman–Crippen LogP) is 4.65. The van der Waals surface area contributed by atoms with Gasteiger partial charge in [-0.1, -0.05) is 36.7 Å². The molecule has 0 aliphatic heterocycles. The second-order valence-electron chi connectivity index (χ2n) is 4.86. The Bertz CT molecular complexity index is 652. The fraction of sp³-hybridized carbons (Fsp3) is 0.286. The molecule has 20 heavy (non-hydrogen) atoms. The van der Waals surface area contributed by atoms with E-state index in [4.69, 9.17) is 16.1 Å². The lowest BCUT2D eigenvalue weighted by Crippen LogP contribution is -2.04. The van der Waals surface area contributed by atoms with Crippen LogP contribution in [0, 0.1) is 5.92 Å². The Morgan fingerprint density at radius 1 is 1.50 bits per heavy atom. The van der Waals surface area contributed by atoms with Gasteiger partial charge in [-0.15, -0.1) is 0 Å². The Morgan fingerprint density at radius 2 is 2.20 bits per heavy atom. The molecule has 1 aromatic heterocycles. The molecule has 0 amide bonds. The van der Waals surface area contributed by atoms with Gasteiger partial charge in [-0.2, -0.15) is 0 Å². The summed E-state index contributed by atoms with van der Waals surface area (Å²) < 4.78 is 5.90. The number of rotatable bonds is 4. The van der Waals surface area contributed by atoms with Gasteiger partial charge in [0, 0.05) is 16.5 Å². The van der Waals surface area contributed by atoms with E-state index in [1.165, 1.54) is 0 Å². The first kappa shape index (κ1) is 15.1. The van der Waals surface area contributed by atoms with Gasteiger partial charge in [-0.05, 0) is 34.0 Å². The molecule has 1 heterocycles. The summed E-state index contributed by atoms with van der Waals surface area (Å²) in [7, 11) is 0. The molecule has 4 nitrogen and oxygen atoms in total. The minimum atomic E-state index is -1.04. The van der Waals surface area contributed by atoms with Gasteiger partial charge in [-0.25, -0.2) is 4.79 Å². The molecule has 0 spiro atoms. The van der Waals surface area contributed by atoms with Crippen LogP contribution in [-0.2, 0) is 6.42 Å². The highest BCUT2D eigenvalue weighted by Crippen LogP contribution is 2.32. The van der Waals surface area contributed by atoms with E-state index in [0.29, 0.717) is 32.9 Å². The van der Waals surface area contributed by atoms with E-state index in [1.54, 1.807) is 18.2 Å². The van der Waals surface area contributed by atoms with Crippen molar-refractivity contribution in [2.45, 2.75) is 20.3 Å². The summed E-state index contributed by atoms with van der Waals surface area (Å²) >= 11 is 9.25. The van der Waals surface area contributed by atoms with Gasteiger partial charge in [0.15, 0.2) is 5.76 Å². The summed E-state index contributed by atoms with van der Waals surface area (Å²) in [5.74, 6) is -0.359. The van der Waals surface area contributed by atoms with E-state index in [1.807, 2.05) is 13.8 Å². The highest BCUT2D eigenvalue weighted by Gasteiger charge is 2.24. The Labute approximate surface area is 129 Å². The van der Waals surface area contributed by atoms with Gasteiger partial charge in [0.25, 0.3) is 0 Å². The number of halogens is 2. The lowest BCUT2D eigenvalue weighted by Gasteiger charge is -2.03. The summed E-state index contributed by atoms with van der Waals surface area (Å²) in [6.07, 6.45) is 0.531. The molecule has 2 aromatic rings. The van der Waals surface area contributed by atoms with Crippen molar-refractivity contribution in [1.82, 2.24) is 5.16 Å². The highest BCUT2D eigenvalue weighted by molar-refractivity contribution is 9.10. The lowest BCUT2D eigenvalue weighted by atomic mass is 10.0. The number of hydrogen-bond acceptors (Lipinski definition) is 3. The molecule has 1 aromatic carbocycles. The maximum Gasteiger partial charge on any atom is 0.341 e. The van der Waals surface area contributed by atoms with Crippen molar-refractivity contribution in [2.24, 2.45) is 5.92 Å². The van der Waals surface area contributed by atoms with Crippen LogP contribution in [0.4, 0.5) is 0 Å². The minimum Gasteiger partial charge on any atom is -0.477 e. The predicted molar refractivity (Wildman–Crippen MR) is 80.2 cm³/mol. The van der Waals surface area contributed by atoms with Crippen molar-refractivity contribution < 1.29 is 14.4 Å². The topological polar surface area (TPSA) is 63.3 Å². The van der Waals surface area contributed by atoms with Crippen LogP contribution in [-0.4, -0.2) is 16.2 Å². The van der Waals surface area contributed by atoms with Crippen LogP contribution in [0.1, 0.15) is 30.0 Å². The van der Waals surface area contributed by atoms with Crippen LogP contribution in [0.15, 0.2) is 27.2 Å². The zero-order chi connectivity index (χ0) is 14.9. The van der Waals surface area contributed by atoms with Crippen LogP contribution in [0.2, 0.25) is 5.02 Å². The third kappa shape index (κ3) is 3.04. The van der Waals surface area contributed by atoms with Crippen molar-refractivity contribution in [1.29, 1.82) is 0 Å². The molecule has 6 heteroatoms. The summed E-state index contributed by atoms with van der Waals surface area (Å²) in [5.41, 5.74) is 1.09. The van der Waals surface area contributed by atoms with Crippen molar-refractivity contribution in [2.75, 3.05) is 0 Å². The smallest absolute Gasteiger partial charge is 0.341 e. The minimum absolute atomic E-state index is 0.118. The first-order valence-corrected chi connectivity index (χ1v) is 7.24. The standard InChI is InChI=1S/C14H13BrClNO3/c1-7(2)5-11-12(14(18)19)13(17-20-11)8-3-4-10(16)9(15)6-8/h3-4,6-7H,5H2,1-2H3,(H,18,19). The van der Waals surface area contributed by atoms with E-state index < -0.39 is 5.97 Å². The molecule has 0 radical (unpaired) electrons. The number of carbonyl (C=O) groups is 1. The fourth-order valence-electron chi connectivity index (χ4n) is 1.90. The number of carboxylic acid groups (broad SMARTS) is 1. The summed E-state index contributed by atoms with van der Waals surface area (Å²) in [5, 5.41) is 13.9. The van der Waals surface area contributed by atoms with Crippen molar-refractivity contribution >= 4 is 33.5 Å². The average molecular weight is 359 g/mol. The molecule has 0 unspecified atom stereocenters. The van der Waals surface area contributed by atoms with Crippen LogP contribution >= 0.6 is 27.5 Å². The van der Waals surface area contributed by atoms with Gasteiger partial charge in [0.05, 0.1) is 5.02 Å². The molecule has 0 aliphatic rings. The van der Waals surface area contributed by atoms with Crippen LogP contribution in [0.25, 0.3) is 11.3 Å². The fourth-order valence-corrected chi connectivity index (χ4v) is 2.39. The van der Waals surface area contributed by atoms with Gasteiger partial charge in [0.1, 0.15) is 11.3 Å². The first-order chi connectivity index (χ1) is 9.40. The average Bonchev–Trinajstić information content (AvgIpc) is 2.75. The van der Waals surface area contributed by atoms with Gasteiger partial charge < -0.3 is 9.63 Å². The molecule has 0 saturated carbocycles. The molecule has 0 aliphatic carbocycles. The van der Waals surface area contributed by atoms with Gasteiger partial charge >= 0.3 is 5.97 Å². The summed E-state index contributed by atoms with van der Waals surface area (Å²) in [6, 6.07) is 5.13. The molecular formula is C14H13BrClNO3. The first-order valence-electron chi connectivity index (χ1n) is 6.07. The molecule has 0 bridgehead atoms. The van der Waals surface area contributed by atoms with E-state index >= 15 is 0 Å². The van der Waals surface area contributed by atoms with Crippen LogP contribution in [0.5, 0.6) is 0 Å². The zero-order valence-electron chi connectivity index (χ0n) is 11.0. The normalized spacial score (nSPS) is 11.1. The molecule has 2 rings (SSSR count). The Morgan fingerprint density at radius 3 is 2.75 bits per heavy atom. The molecule has 106 valence electrons. The number of aromatic carboxylic acids is 1. The lowest BCUT2D eigenvalue weighted by molar-refractivity contribution is 0.0695. The van der Waals surface area contributed by atoms with E-state index in [9.17, 15) is 9.90 Å². The highest BCUT2D eigenvalue weighted by atomic mass is 79.9. The Kier molecular flexibility index (Phi) is 4.50. The van der Waals surface area contributed by atoms with Crippen molar-refractivity contribution in [3.05, 3.63) is 39.0 Å². The van der Waals surface area contributed by atoms with Gasteiger partial charge in [0.2, 0.25) is 0 Å². The number of nitrogens with zero attached hydrogens (tertiary/aromatic N) is 1. The van der Waals surface area contributed by atoms with Gasteiger partial charge in [-0.3, -0.25) is 0 Å². The van der Waals surface area contributed by atoms with E-state index in [0.717, 1.165) is 0 Å². The van der Waals surface area contributed by atoms with E-state index in [-0.39, 0.29) is 11.5 Å². The summed E-state index contributed by atoms with van der Waals surface area (Å²) in [4.78, 5) is 11.5. The zero-order valence-corrected chi connectivity index (χ0v) is 13.3. The second-order valence-corrected chi connectivity index (χ2v) is 6.12. The van der Waals surface area contributed by atoms with Crippen LogP contribution < -0.4 is 0 Å². The Hall–Kier alpha value is -1.33. The molecule has 0 saturated heterocycles.